The molecule has 0 radical (unpaired) electrons. The van der Waals surface area contributed by atoms with E-state index in [1.165, 1.54) is 29.5 Å². The van der Waals surface area contributed by atoms with Gasteiger partial charge in [-0.1, -0.05) is 23.8 Å². The van der Waals surface area contributed by atoms with Gasteiger partial charge in [0, 0.05) is 25.1 Å². The number of benzene rings is 1. The fraction of sp³-hybridized carbons (Fsp3) is 0.444. The minimum absolute atomic E-state index is 0.00435. The molecule has 0 unspecified atom stereocenters. The molecule has 1 aromatic heterocycles. The third-order valence-electron chi connectivity index (χ3n) is 4.49. The van der Waals surface area contributed by atoms with Crippen LogP contribution in [0.25, 0.3) is 0 Å². The van der Waals surface area contributed by atoms with Crippen molar-refractivity contribution in [1.29, 1.82) is 0 Å². The van der Waals surface area contributed by atoms with Gasteiger partial charge in [-0.3, -0.25) is 9.78 Å². The molecule has 0 aliphatic carbocycles. The Kier molecular flexibility index (Phi) is 4.01. The molecular weight excluding hydrogens is 274 g/mol. The standard InChI is InChI=1S/C18H23N3O/c1-12-6-7-13(2)15(10-12)11-16-14(3)19-18(20-17(16)22)21-8-4-5-9-21/h6-7,10H,4-5,8-9,11H2,1-3H3,(H,19,20,22). The minimum atomic E-state index is -0.00435. The topological polar surface area (TPSA) is 49.0 Å². The molecule has 4 heteroatoms. The summed E-state index contributed by atoms with van der Waals surface area (Å²) >= 11 is 0. The summed E-state index contributed by atoms with van der Waals surface area (Å²) in [5.74, 6) is 0.727. The lowest BCUT2D eigenvalue weighted by Crippen LogP contribution is -2.26. The van der Waals surface area contributed by atoms with Crippen LogP contribution in [0.1, 0.15) is 40.8 Å². The maximum Gasteiger partial charge on any atom is 0.256 e. The monoisotopic (exact) mass is 297 g/mol. The molecule has 1 N–H and O–H groups in total. The van der Waals surface area contributed by atoms with Gasteiger partial charge >= 0.3 is 0 Å². The predicted octanol–water partition coefficient (Wildman–Crippen LogP) is 2.89. The van der Waals surface area contributed by atoms with Gasteiger partial charge in [-0.25, -0.2) is 4.98 Å². The van der Waals surface area contributed by atoms with E-state index in [-0.39, 0.29) is 5.56 Å². The first-order chi connectivity index (χ1) is 10.5. The second kappa shape index (κ2) is 5.95. The van der Waals surface area contributed by atoms with Gasteiger partial charge in [0.2, 0.25) is 5.95 Å². The summed E-state index contributed by atoms with van der Waals surface area (Å²) in [6.45, 7) is 8.08. The maximum absolute atomic E-state index is 12.5. The Morgan fingerprint density at radius 1 is 1.18 bits per heavy atom. The SMILES string of the molecule is Cc1ccc(C)c(Cc2c(C)nc(N3CCCC3)[nH]c2=O)c1. The van der Waals surface area contributed by atoms with Crippen molar-refractivity contribution < 1.29 is 0 Å². The quantitative estimate of drug-likeness (QED) is 0.947. The molecule has 4 nitrogen and oxygen atoms in total. The number of anilines is 1. The van der Waals surface area contributed by atoms with E-state index in [4.69, 9.17) is 0 Å². The third kappa shape index (κ3) is 2.91. The lowest BCUT2D eigenvalue weighted by atomic mass is 9.98. The first-order valence-corrected chi connectivity index (χ1v) is 7.95. The minimum Gasteiger partial charge on any atom is -0.342 e. The van der Waals surface area contributed by atoms with Gasteiger partial charge in [0.15, 0.2) is 0 Å². The zero-order valence-electron chi connectivity index (χ0n) is 13.6. The van der Waals surface area contributed by atoms with Crippen molar-refractivity contribution in [2.75, 3.05) is 18.0 Å². The van der Waals surface area contributed by atoms with E-state index in [9.17, 15) is 4.79 Å². The highest BCUT2D eigenvalue weighted by atomic mass is 16.1. The van der Waals surface area contributed by atoms with Gasteiger partial charge in [-0.05, 0) is 44.7 Å². The molecular formula is C18H23N3O. The lowest BCUT2D eigenvalue weighted by molar-refractivity contribution is 0.863. The van der Waals surface area contributed by atoms with Crippen LogP contribution in [-0.4, -0.2) is 23.1 Å². The first kappa shape index (κ1) is 14.8. The molecule has 1 aliphatic rings. The number of H-pyrrole nitrogens is 1. The van der Waals surface area contributed by atoms with E-state index < -0.39 is 0 Å². The normalized spacial score (nSPS) is 14.6. The maximum atomic E-state index is 12.5. The van der Waals surface area contributed by atoms with Crippen molar-refractivity contribution in [3.63, 3.8) is 0 Å². The molecule has 2 aromatic rings. The van der Waals surface area contributed by atoms with Gasteiger partial charge in [-0.15, -0.1) is 0 Å². The number of aromatic nitrogens is 2. The summed E-state index contributed by atoms with van der Waals surface area (Å²) in [6, 6.07) is 6.37. The van der Waals surface area contributed by atoms with Crippen molar-refractivity contribution in [3.05, 3.63) is 56.5 Å². The van der Waals surface area contributed by atoms with E-state index >= 15 is 0 Å². The summed E-state index contributed by atoms with van der Waals surface area (Å²) in [7, 11) is 0. The molecule has 0 spiro atoms. The molecule has 1 aliphatic heterocycles. The fourth-order valence-corrected chi connectivity index (χ4v) is 3.06. The highest BCUT2D eigenvalue weighted by molar-refractivity contribution is 5.38. The van der Waals surface area contributed by atoms with Crippen molar-refractivity contribution in [2.24, 2.45) is 0 Å². The zero-order chi connectivity index (χ0) is 15.7. The first-order valence-electron chi connectivity index (χ1n) is 7.95. The number of aryl methyl sites for hydroxylation is 3. The van der Waals surface area contributed by atoms with Gasteiger partial charge in [0.1, 0.15) is 0 Å². The van der Waals surface area contributed by atoms with Crippen LogP contribution in [0.5, 0.6) is 0 Å². The summed E-state index contributed by atoms with van der Waals surface area (Å²) in [5, 5.41) is 0. The molecule has 0 saturated carbocycles. The second-order valence-corrected chi connectivity index (χ2v) is 6.25. The molecule has 2 heterocycles. The van der Waals surface area contributed by atoms with E-state index in [1.807, 2.05) is 6.92 Å². The average Bonchev–Trinajstić information content (AvgIpc) is 3.00. The Labute approximate surface area is 131 Å². The van der Waals surface area contributed by atoms with Crippen LogP contribution < -0.4 is 10.5 Å². The van der Waals surface area contributed by atoms with Crippen LogP contribution in [0.4, 0.5) is 5.95 Å². The van der Waals surface area contributed by atoms with Crippen molar-refractivity contribution >= 4 is 5.95 Å². The Bertz CT molecular complexity index is 742. The third-order valence-corrected chi connectivity index (χ3v) is 4.49. The summed E-state index contributed by atoms with van der Waals surface area (Å²) < 4.78 is 0. The molecule has 1 fully saturated rings. The fourth-order valence-electron chi connectivity index (χ4n) is 3.06. The molecule has 1 saturated heterocycles. The Morgan fingerprint density at radius 2 is 1.91 bits per heavy atom. The van der Waals surface area contributed by atoms with Crippen LogP contribution in [0.3, 0.4) is 0 Å². The summed E-state index contributed by atoms with van der Waals surface area (Å²) in [4.78, 5) is 22.3. The summed E-state index contributed by atoms with van der Waals surface area (Å²) in [6.07, 6.45) is 2.99. The lowest BCUT2D eigenvalue weighted by Gasteiger charge is -2.17. The van der Waals surface area contributed by atoms with E-state index in [0.29, 0.717) is 6.42 Å². The molecule has 0 bridgehead atoms. The van der Waals surface area contributed by atoms with Crippen LogP contribution in [-0.2, 0) is 6.42 Å². The average molecular weight is 297 g/mol. The van der Waals surface area contributed by atoms with Crippen LogP contribution in [0.2, 0.25) is 0 Å². The number of aromatic amines is 1. The predicted molar refractivity (Wildman–Crippen MR) is 89.8 cm³/mol. The van der Waals surface area contributed by atoms with Crippen LogP contribution >= 0.6 is 0 Å². The smallest absolute Gasteiger partial charge is 0.256 e. The van der Waals surface area contributed by atoms with Crippen molar-refractivity contribution in [1.82, 2.24) is 9.97 Å². The molecule has 1 aromatic carbocycles. The Hall–Kier alpha value is -2.10. The molecule has 3 rings (SSSR count). The summed E-state index contributed by atoms with van der Waals surface area (Å²) in [5.41, 5.74) is 5.24. The Morgan fingerprint density at radius 3 is 2.59 bits per heavy atom. The number of hydrogen-bond acceptors (Lipinski definition) is 3. The Balaban J connectivity index is 1.94. The van der Waals surface area contributed by atoms with E-state index in [2.05, 4.69) is 46.9 Å². The van der Waals surface area contributed by atoms with Gasteiger partial charge < -0.3 is 4.90 Å². The highest BCUT2D eigenvalue weighted by Crippen LogP contribution is 2.18. The van der Waals surface area contributed by atoms with Gasteiger partial charge in [0.05, 0.1) is 5.69 Å². The van der Waals surface area contributed by atoms with Crippen LogP contribution in [0.15, 0.2) is 23.0 Å². The van der Waals surface area contributed by atoms with Crippen molar-refractivity contribution in [2.45, 2.75) is 40.0 Å². The molecule has 0 amide bonds. The molecule has 116 valence electrons. The molecule has 0 atom stereocenters. The number of nitrogens with one attached hydrogen (secondary N) is 1. The number of nitrogens with zero attached hydrogens (tertiary/aromatic N) is 2. The highest BCUT2D eigenvalue weighted by Gasteiger charge is 2.17. The van der Waals surface area contributed by atoms with Gasteiger partial charge in [-0.2, -0.15) is 0 Å². The van der Waals surface area contributed by atoms with E-state index in [1.54, 1.807) is 0 Å². The molecule has 22 heavy (non-hydrogen) atoms. The number of hydrogen-bond donors (Lipinski definition) is 1. The van der Waals surface area contributed by atoms with Crippen LogP contribution in [0, 0.1) is 20.8 Å². The van der Waals surface area contributed by atoms with Crippen molar-refractivity contribution in [3.8, 4) is 0 Å². The number of rotatable bonds is 3. The zero-order valence-corrected chi connectivity index (χ0v) is 13.6. The second-order valence-electron chi connectivity index (χ2n) is 6.25. The van der Waals surface area contributed by atoms with E-state index in [0.717, 1.165) is 30.3 Å². The largest absolute Gasteiger partial charge is 0.342 e. The van der Waals surface area contributed by atoms with Gasteiger partial charge in [0.25, 0.3) is 5.56 Å².